The van der Waals surface area contributed by atoms with Gasteiger partial charge in [-0.3, -0.25) is 0 Å². The van der Waals surface area contributed by atoms with E-state index in [0.717, 1.165) is 54.2 Å². The monoisotopic (exact) mass is 447 g/mol. The smallest absolute Gasteiger partial charge is 0.227 e. The average Bonchev–Trinajstić information content (AvgIpc) is 2.81. The van der Waals surface area contributed by atoms with Crippen LogP contribution in [0.1, 0.15) is 26.3 Å². The van der Waals surface area contributed by atoms with E-state index in [-0.39, 0.29) is 5.54 Å². The van der Waals surface area contributed by atoms with Crippen LogP contribution >= 0.6 is 0 Å². The second-order valence-electron chi connectivity index (χ2n) is 8.86. The van der Waals surface area contributed by atoms with E-state index in [1.807, 2.05) is 49.5 Å². The van der Waals surface area contributed by atoms with Crippen LogP contribution in [0.4, 0.5) is 23.1 Å². The molecule has 0 saturated carbocycles. The maximum absolute atomic E-state index is 5.59. The number of hydrogen-bond acceptors (Lipinski definition) is 7. The number of nitrogens with one attached hydrogen (secondary N) is 1. The zero-order chi connectivity index (χ0) is 23.4. The molecule has 1 fully saturated rings. The lowest BCUT2D eigenvalue weighted by molar-refractivity contribution is 0.340. The third kappa shape index (κ3) is 5.13. The summed E-state index contributed by atoms with van der Waals surface area (Å²) >= 11 is 0. The molecule has 3 aromatic rings. The van der Waals surface area contributed by atoms with Gasteiger partial charge in [-0.1, -0.05) is 0 Å². The van der Waals surface area contributed by atoms with Crippen molar-refractivity contribution in [2.45, 2.75) is 33.2 Å². The molecule has 0 atom stereocenters. The van der Waals surface area contributed by atoms with Crippen LogP contribution < -0.4 is 24.6 Å². The summed E-state index contributed by atoms with van der Waals surface area (Å²) in [6, 6.07) is 16.2. The second kappa shape index (κ2) is 9.57. The molecule has 4 rings (SSSR count). The Hall–Kier alpha value is -3.48. The van der Waals surface area contributed by atoms with Crippen LogP contribution in [0.2, 0.25) is 0 Å². The van der Waals surface area contributed by atoms with E-state index in [1.165, 1.54) is 5.69 Å². The highest BCUT2D eigenvalue weighted by Gasteiger charge is 2.35. The lowest BCUT2D eigenvalue weighted by atomic mass is 9.98. The van der Waals surface area contributed by atoms with Crippen LogP contribution in [-0.4, -0.2) is 48.9 Å². The fourth-order valence-corrected chi connectivity index (χ4v) is 4.31. The standard InChI is InChI=1S/C26H33N5O2/c1-6-33-22-11-12-23(19(2)17-22)28-24-13-14-27-25(29-24)30-15-16-31(26(3,4)18-30)20-7-9-21(32-5)10-8-20/h7-14,17H,6,15-16,18H2,1-5H3,(H,27,28,29). The molecule has 0 aliphatic carbocycles. The van der Waals surface area contributed by atoms with E-state index in [1.54, 1.807) is 7.11 Å². The van der Waals surface area contributed by atoms with Gasteiger partial charge < -0.3 is 24.6 Å². The average molecular weight is 448 g/mol. The van der Waals surface area contributed by atoms with Gasteiger partial charge in [0.05, 0.1) is 19.3 Å². The molecule has 2 aromatic carbocycles. The van der Waals surface area contributed by atoms with Crippen molar-refractivity contribution in [1.29, 1.82) is 0 Å². The van der Waals surface area contributed by atoms with Crippen LogP contribution in [0.3, 0.4) is 0 Å². The Labute approximate surface area is 196 Å². The van der Waals surface area contributed by atoms with Gasteiger partial charge in [-0.25, -0.2) is 4.98 Å². The van der Waals surface area contributed by atoms with Crippen molar-refractivity contribution in [3.05, 3.63) is 60.3 Å². The number of anilines is 4. The van der Waals surface area contributed by atoms with Crippen molar-refractivity contribution >= 4 is 23.1 Å². The number of rotatable bonds is 7. The van der Waals surface area contributed by atoms with Gasteiger partial charge in [0.15, 0.2) is 0 Å². The largest absolute Gasteiger partial charge is 0.497 e. The fraction of sp³-hybridized carbons (Fsp3) is 0.385. The molecule has 0 unspecified atom stereocenters. The van der Waals surface area contributed by atoms with Gasteiger partial charge in [0.2, 0.25) is 5.95 Å². The summed E-state index contributed by atoms with van der Waals surface area (Å²) in [4.78, 5) is 14.1. The molecular formula is C26H33N5O2. The summed E-state index contributed by atoms with van der Waals surface area (Å²) in [7, 11) is 1.69. The first-order valence-electron chi connectivity index (χ1n) is 11.4. The van der Waals surface area contributed by atoms with Crippen molar-refractivity contribution in [1.82, 2.24) is 9.97 Å². The molecule has 1 aliphatic heterocycles. The number of hydrogen-bond donors (Lipinski definition) is 1. The second-order valence-corrected chi connectivity index (χ2v) is 8.86. The van der Waals surface area contributed by atoms with Gasteiger partial charge in [0.25, 0.3) is 0 Å². The Morgan fingerprint density at radius 3 is 2.45 bits per heavy atom. The Morgan fingerprint density at radius 1 is 1.03 bits per heavy atom. The highest BCUT2D eigenvalue weighted by atomic mass is 16.5. The zero-order valence-corrected chi connectivity index (χ0v) is 20.1. The van der Waals surface area contributed by atoms with Crippen molar-refractivity contribution in [3.8, 4) is 11.5 Å². The summed E-state index contributed by atoms with van der Waals surface area (Å²) in [5.74, 6) is 3.27. The molecule has 2 heterocycles. The summed E-state index contributed by atoms with van der Waals surface area (Å²) in [5.41, 5.74) is 3.23. The number of aromatic nitrogens is 2. The number of piperazine rings is 1. The molecule has 1 aromatic heterocycles. The molecule has 1 saturated heterocycles. The van der Waals surface area contributed by atoms with Crippen LogP contribution in [0.5, 0.6) is 11.5 Å². The first-order valence-corrected chi connectivity index (χ1v) is 11.4. The summed E-state index contributed by atoms with van der Waals surface area (Å²) < 4.78 is 10.9. The van der Waals surface area contributed by atoms with Crippen LogP contribution in [0, 0.1) is 6.92 Å². The normalized spacial score (nSPS) is 15.3. The van der Waals surface area contributed by atoms with Gasteiger partial charge in [-0.15, -0.1) is 0 Å². The first-order chi connectivity index (χ1) is 15.9. The highest BCUT2D eigenvalue weighted by molar-refractivity contribution is 5.62. The predicted molar refractivity (Wildman–Crippen MR) is 134 cm³/mol. The van der Waals surface area contributed by atoms with Gasteiger partial charge in [0, 0.05) is 37.2 Å². The molecule has 0 amide bonds. The Kier molecular flexibility index (Phi) is 6.58. The van der Waals surface area contributed by atoms with Crippen molar-refractivity contribution in [3.63, 3.8) is 0 Å². The molecule has 7 heteroatoms. The van der Waals surface area contributed by atoms with Crippen molar-refractivity contribution in [2.75, 3.05) is 48.5 Å². The molecule has 174 valence electrons. The third-order valence-corrected chi connectivity index (χ3v) is 5.98. The van der Waals surface area contributed by atoms with Gasteiger partial charge in [-0.05, 0) is 81.8 Å². The summed E-state index contributed by atoms with van der Waals surface area (Å²) in [6.07, 6.45) is 1.82. The Bertz CT molecular complexity index is 1080. The number of methoxy groups -OCH3 is 1. The van der Waals surface area contributed by atoms with Gasteiger partial charge in [0.1, 0.15) is 17.3 Å². The number of nitrogens with zero attached hydrogens (tertiary/aromatic N) is 4. The van der Waals surface area contributed by atoms with Crippen LogP contribution in [0.25, 0.3) is 0 Å². The fourth-order valence-electron chi connectivity index (χ4n) is 4.31. The SMILES string of the molecule is CCOc1ccc(Nc2ccnc(N3CCN(c4ccc(OC)cc4)C(C)(C)C3)n2)c(C)c1. The maximum atomic E-state index is 5.59. The van der Waals surface area contributed by atoms with Gasteiger partial charge in [-0.2, -0.15) is 4.98 Å². The van der Waals surface area contributed by atoms with Crippen LogP contribution in [0.15, 0.2) is 54.7 Å². The van der Waals surface area contributed by atoms with E-state index in [0.29, 0.717) is 6.61 Å². The van der Waals surface area contributed by atoms with E-state index in [2.05, 4.69) is 53.0 Å². The molecule has 0 bridgehead atoms. The topological polar surface area (TPSA) is 62.8 Å². The minimum absolute atomic E-state index is 0.0780. The Morgan fingerprint density at radius 2 is 1.79 bits per heavy atom. The van der Waals surface area contributed by atoms with E-state index in [9.17, 15) is 0 Å². The quantitative estimate of drug-likeness (QED) is 0.544. The molecule has 1 N–H and O–H groups in total. The number of ether oxygens (including phenoxy) is 2. The minimum Gasteiger partial charge on any atom is -0.497 e. The Balaban J connectivity index is 1.47. The maximum Gasteiger partial charge on any atom is 0.227 e. The lowest BCUT2D eigenvalue weighted by Crippen LogP contribution is -2.60. The summed E-state index contributed by atoms with van der Waals surface area (Å²) in [5, 5.41) is 3.43. The molecule has 7 nitrogen and oxygen atoms in total. The van der Waals surface area contributed by atoms with Gasteiger partial charge >= 0.3 is 0 Å². The molecule has 33 heavy (non-hydrogen) atoms. The first kappa shape index (κ1) is 22.7. The van der Waals surface area contributed by atoms with E-state index < -0.39 is 0 Å². The molecule has 0 spiro atoms. The van der Waals surface area contributed by atoms with Crippen molar-refractivity contribution < 1.29 is 9.47 Å². The highest BCUT2D eigenvalue weighted by Crippen LogP contribution is 2.31. The number of benzene rings is 2. The van der Waals surface area contributed by atoms with E-state index in [4.69, 9.17) is 14.5 Å². The molecule has 0 radical (unpaired) electrons. The zero-order valence-electron chi connectivity index (χ0n) is 20.1. The minimum atomic E-state index is -0.0780. The molecule has 1 aliphatic rings. The number of aryl methyl sites for hydroxylation is 1. The molecular weight excluding hydrogens is 414 g/mol. The lowest BCUT2D eigenvalue weighted by Gasteiger charge is -2.48. The summed E-state index contributed by atoms with van der Waals surface area (Å²) in [6.45, 7) is 11.8. The predicted octanol–water partition coefficient (Wildman–Crippen LogP) is 5.04. The third-order valence-electron chi connectivity index (χ3n) is 5.98. The van der Waals surface area contributed by atoms with E-state index >= 15 is 0 Å². The van der Waals surface area contributed by atoms with Crippen LogP contribution in [-0.2, 0) is 0 Å². The van der Waals surface area contributed by atoms with Crippen molar-refractivity contribution in [2.24, 2.45) is 0 Å².